The molecule has 2 aromatic heterocycles. The number of hydrogen-bond acceptors (Lipinski definition) is 5. The normalized spacial score (nSPS) is 10.6. The predicted octanol–water partition coefficient (Wildman–Crippen LogP) is 3.65. The van der Waals surface area contributed by atoms with E-state index in [1.165, 1.54) is 0 Å². The van der Waals surface area contributed by atoms with Crippen LogP contribution in [-0.2, 0) is 6.54 Å². The Labute approximate surface area is 112 Å². The first kappa shape index (κ1) is 13.2. The first-order valence-electron chi connectivity index (χ1n) is 6.45. The van der Waals surface area contributed by atoms with Crippen LogP contribution < -0.4 is 5.32 Å². The van der Waals surface area contributed by atoms with E-state index in [2.05, 4.69) is 30.2 Å². The zero-order valence-electron chi connectivity index (χ0n) is 11.1. The van der Waals surface area contributed by atoms with Crippen LogP contribution in [-0.4, -0.2) is 4.98 Å². The Morgan fingerprint density at radius 2 is 2.21 bits per heavy atom. The molecule has 0 amide bonds. The summed E-state index contributed by atoms with van der Waals surface area (Å²) in [7, 11) is 0. The second kappa shape index (κ2) is 6.10. The van der Waals surface area contributed by atoms with Gasteiger partial charge in [-0.2, -0.15) is 5.26 Å². The molecule has 0 bridgehead atoms. The lowest BCUT2D eigenvalue weighted by Crippen LogP contribution is -1.98. The van der Waals surface area contributed by atoms with Gasteiger partial charge in [0.2, 0.25) is 17.5 Å². The van der Waals surface area contributed by atoms with E-state index in [4.69, 9.17) is 14.1 Å². The molecule has 0 unspecified atom stereocenters. The third-order valence-electron chi connectivity index (χ3n) is 3.09. The van der Waals surface area contributed by atoms with E-state index in [9.17, 15) is 0 Å². The molecule has 1 N–H and O–H groups in total. The molecule has 0 spiro atoms. The zero-order chi connectivity index (χ0) is 13.7. The average molecular weight is 259 g/mol. The number of furan rings is 1. The van der Waals surface area contributed by atoms with Gasteiger partial charge >= 0.3 is 0 Å². The Morgan fingerprint density at radius 1 is 1.42 bits per heavy atom. The number of anilines is 1. The summed E-state index contributed by atoms with van der Waals surface area (Å²) in [4.78, 5) is 4.25. The molecule has 0 aliphatic carbocycles. The summed E-state index contributed by atoms with van der Waals surface area (Å²) in [6.45, 7) is 4.64. The van der Waals surface area contributed by atoms with Gasteiger partial charge in [-0.05, 0) is 25.0 Å². The van der Waals surface area contributed by atoms with E-state index in [0.717, 1.165) is 18.6 Å². The molecular weight excluding hydrogens is 242 g/mol. The van der Waals surface area contributed by atoms with Gasteiger partial charge in [0.15, 0.2) is 0 Å². The van der Waals surface area contributed by atoms with Gasteiger partial charge in [0, 0.05) is 5.92 Å². The summed E-state index contributed by atoms with van der Waals surface area (Å²) in [6.07, 6.45) is 3.50. The van der Waals surface area contributed by atoms with Gasteiger partial charge < -0.3 is 14.2 Å². The lowest BCUT2D eigenvalue weighted by Gasteiger charge is -2.06. The van der Waals surface area contributed by atoms with E-state index < -0.39 is 0 Å². The fourth-order valence-corrected chi connectivity index (χ4v) is 1.93. The van der Waals surface area contributed by atoms with Crippen LogP contribution in [0.15, 0.2) is 27.2 Å². The summed E-state index contributed by atoms with van der Waals surface area (Å²) >= 11 is 0. The molecule has 2 heterocycles. The van der Waals surface area contributed by atoms with Crippen molar-refractivity contribution in [3.05, 3.63) is 35.7 Å². The quantitative estimate of drug-likeness (QED) is 0.856. The number of nitriles is 1. The molecule has 0 aliphatic rings. The lowest BCUT2D eigenvalue weighted by atomic mass is 10.0. The molecule has 0 aliphatic heterocycles. The van der Waals surface area contributed by atoms with Crippen LogP contribution in [0.2, 0.25) is 0 Å². The highest BCUT2D eigenvalue weighted by Gasteiger charge is 2.18. The molecule has 100 valence electrons. The van der Waals surface area contributed by atoms with Gasteiger partial charge in [-0.25, -0.2) is 4.98 Å². The van der Waals surface area contributed by atoms with Gasteiger partial charge in [0.05, 0.1) is 12.8 Å². The molecule has 19 heavy (non-hydrogen) atoms. The van der Waals surface area contributed by atoms with Crippen LogP contribution in [0.25, 0.3) is 0 Å². The van der Waals surface area contributed by atoms with Crippen LogP contribution in [0, 0.1) is 11.3 Å². The highest BCUT2D eigenvalue weighted by Crippen LogP contribution is 2.27. The van der Waals surface area contributed by atoms with Crippen LogP contribution in [0.4, 0.5) is 5.88 Å². The largest absolute Gasteiger partial charge is 0.467 e. The van der Waals surface area contributed by atoms with Crippen molar-refractivity contribution in [3.8, 4) is 6.07 Å². The van der Waals surface area contributed by atoms with Gasteiger partial charge in [-0.15, -0.1) is 0 Å². The first-order valence-corrected chi connectivity index (χ1v) is 6.45. The van der Waals surface area contributed by atoms with Crippen molar-refractivity contribution in [1.82, 2.24) is 4.98 Å². The van der Waals surface area contributed by atoms with Crippen LogP contribution >= 0.6 is 0 Å². The molecule has 5 heteroatoms. The van der Waals surface area contributed by atoms with Crippen molar-refractivity contribution >= 4 is 5.88 Å². The Bertz CT molecular complexity index is 548. The number of hydrogen-bond donors (Lipinski definition) is 1. The van der Waals surface area contributed by atoms with E-state index >= 15 is 0 Å². The van der Waals surface area contributed by atoms with Crippen molar-refractivity contribution in [1.29, 1.82) is 5.26 Å². The van der Waals surface area contributed by atoms with E-state index in [1.54, 1.807) is 6.26 Å². The first-order chi connectivity index (χ1) is 9.28. The summed E-state index contributed by atoms with van der Waals surface area (Å²) in [5.41, 5.74) is 0.299. The number of nitrogens with zero attached hydrogens (tertiary/aromatic N) is 2. The number of oxazole rings is 1. The molecule has 0 saturated carbocycles. The molecular formula is C14H17N3O2. The molecule has 5 nitrogen and oxygen atoms in total. The highest BCUT2D eigenvalue weighted by molar-refractivity contribution is 5.45. The third-order valence-corrected chi connectivity index (χ3v) is 3.09. The second-order valence-corrected chi connectivity index (χ2v) is 4.29. The van der Waals surface area contributed by atoms with Gasteiger partial charge in [0.25, 0.3) is 0 Å². The van der Waals surface area contributed by atoms with Gasteiger partial charge in [-0.3, -0.25) is 0 Å². The molecule has 0 fully saturated rings. The molecule has 2 rings (SSSR count). The number of rotatable bonds is 6. The lowest BCUT2D eigenvalue weighted by molar-refractivity contribution is 0.437. The fourth-order valence-electron chi connectivity index (χ4n) is 1.93. The highest BCUT2D eigenvalue weighted by atomic mass is 16.4. The second-order valence-electron chi connectivity index (χ2n) is 4.29. The predicted molar refractivity (Wildman–Crippen MR) is 70.6 cm³/mol. The molecule has 0 atom stereocenters. The van der Waals surface area contributed by atoms with Crippen molar-refractivity contribution in [2.75, 3.05) is 5.32 Å². The summed E-state index contributed by atoms with van der Waals surface area (Å²) in [5.74, 6) is 2.08. The average Bonchev–Trinajstić information content (AvgIpc) is 3.07. The van der Waals surface area contributed by atoms with Gasteiger partial charge in [0.1, 0.15) is 11.8 Å². The summed E-state index contributed by atoms with van der Waals surface area (Å²) in [5, 5.41) is 12.1. The van der Waals surface area contributed by atoms with Crippen LogP contribution in [0.1, 0.15) is 50.0 Å². The number of nitrogens with one attached hydrogen (secondary N) is 1. The zero-order valence-corrected chi connectivity index (χ0v) is 11.1. The number of aromatic nitrogens is 1. The molecule has 0 radical (unpaired) electrons. The maximum Gasteiger partial charge on any atom is 0.232 e. The Morgan fingerprint density at radius 3 is 2.79 bits per heavy atom. The Balaban J connectivity index is 2.13. The van der Waals surface area contributed by atoms with E-state index in [1.807, 2.05) is 12.1 Å². The molecule has 0 aromatic carbocycles. The van der Waals surface area contributed by atoms with E-state index in [0.29, 0.717) is 24.0 Å². The van der Waals surface area contributed by atoms with Crippen LogP contribution in [0.5, 0.6) is 0 Å². The minimum absolute atomic E-state index is 0.256. The van der Waals surface area contributed by atoms with E-state index in [-0.39, 0.29) is 5.92 Å². The molecule has 0 saturated heterocycles. The van der Waals surface area contributed by atoms with Crippen molar-refractivity contribution in [2.24, 2.45) is 0 Å². The summed E-state index contributed by atoms with van der Waals surface area (Å²) in [6, 6.07) is 5.73. The van der Waals surface area contributed by atoms with Gasteiger partial charge in [-0.1, -0.05) is 13.8 Å². The Hall–Kier alpha value is -2.22. The summed E-state index contributed by atoms with van der Waals surface area (Å²) < 4.78 is 10.9. The van der Waals surface area contributed by atoms with Crippen molar-refractivity contribution in [2.45, 2.75) is 39.2 Å². The van der Waals surface area contributed by atoms with Crippen molar-refractivity contribution < 1.29 is 8.83 Å². The topological polar surface area (TPSA) is 75.0 Å². The minimum Gasteiger partial charge on any atom is -0.467 e. The van der Waals surface area contributed by atoms with Crippen molar-refractivity contribution in [3.63, 3.8) is 0 Å². The maximum atomic E-state index is 9.08. The third kappa shape index (κ3) is 2.97. The smallest absolute Gasteiger partial charge is 0.232 e. The minimum atomic E-state index is 0.256. The SMILES string of the molecule is CCC(CC)c1nc(C#N)c(NCc2ccco2)o1. The Kier molecular flexibility index (Phi) is 4.24. The van der Waals surface area contributed by atoms with Crippen LogP contribution in [0.3, 0.4) is 0 Å². The maximum absolute atomic E-state index is 9.08. The monoisotopic (exact) mass is 259 g/mol. The standard InChI is InChI=1S/C14H17N3O2/c1-3-10(4-2)13-17-12(8-15)14(19-13)16-9-11-6-5-7-18-11/h5-7,10,16H,3-4,9H2,1-2H3. The fraction of sp³-hybridized carbons (Fsp3) is 0.429. The molecule has 2 aromatic rings.